The third kappa shape index (κ3) is 17.0. The molecule has 0 aliphatic heterocycles. The van der Waals surface area contributed by atoms with E-state index in [0.717, 1.165) is 24.4 Å². The van der Waals surface area contributed by atoms with Crippen LogP contribution in [0.25, 0.3) is 0 Å². The molecule has 32 heavy (non-hydrogen) atoms. The summed E-state index contributed by atoms with van der Waals surface area (Å²) >= 11 is 0. The summed E-state index contributed by atoms with van der Waals surface area (Å²) in [6.07, 6.45) is 19.1. The molecule has 0 aromatic heterocycles. The Hall–Kier alpha value is -1.59. The van der Waals surface area contributed by atoms with Crippen molar-refractivity contribution in [3.8, 4) is 5.75 Å². The second-order valence-corrected chi connectivity index (χ2v) is 8.69. The van der Waals surface area contributed by atoms with Gasteiger partial charge in [-0.1, -0.05) is 90.4 Å². The maximum atomic E-state index is 12.0. The van der Waals surface area contributed by atoms with Gasteiger partial charge in [0.25, 0.3) is 0 Å². The highest BCUT2D eigenvalue weighted by atomic mass is 16.5. The lowest BCUT2D eigenvalue weighted by Crippen LogP contribution is -2.28. The van der Waals surface area contributed by atoms with Gasteiger partial charge in [-0.05, 0) is 37.2 Å². The van der Waals surface area contributed by atoms with Crippen LogP contribution in [0.15, 0.2) is 24.3 Å². The normalized spacial score (nSPS) is 10.9. The molecule has 2 N–H and O–H groups in total. The van der Waals surface area contributed by atoms with Gasteiger partial charge < -0.3 is 20.1 Å². The summed E-state index contributed by atoms with van der Waals surface area (Å²) in [5, 5.41) is 6.15. The van der Waals surface area contributed by atoms with Crippen molar-refractivity contribution in [1.29, 1.82) is 0 Å². The summed E-state index contributed by atoms with van der Waals surface area (Å²) in [4.78, 5) is 12.0. The second kappa shape index (κ2) is 21.3. The van der Waals surface area contributed by atoms with Gasteiger partial charge in [-0.2, -0.15) is 0 Å². The standard InChI is InChI=1S/C27H48N2O3/c1-3-4-5-6-7-8-9-10-11-12-13-14-15-16-21-28-24-27(30)29-25-17-19-26(20-18-25)32-23-22-31-2/h17-20,28H,3-16,21-24H2,1-2H3,(H,29,30). The fourth-order valence-electron chi connectivity index (χ4n) is 3.73. The number of carbonyl (C=O) groups excluding carboxylic acids is 1. The molecule has 1 rings (SSSR count). The molecule has 0 fully saturated rings. The first-order valence-electron chi connectivity index (χ1n) is 13.0. The number of carbonyl (C=O) groups is 1. The topological polar surface area (TPSA) is 59.6 Å². The Balaban J connectivity index is 1.87. The van der Waals surface area contributed by atoms with Gasteiger partial charge in [-0.15, -0.1) is 0 Å². The van der Waals surface area contributed by atoms with E-state index >= 15 is 0 Å². The van der Waals surface area contributed by atoms with E-state index in [0.29, 0.717) is 19.8 Å². The Bertz CT molecular complexity index is 548. The van der Waals surface area contributed by atoms with Gasteiger partial charge >= 0.3 is 0 Å². The number of methoxy groups -OCH3 is 1. The molecule has 0 saturated heterocycles. The monoisotopic (exact) mass is 448 g/mol. The molecule has 0 aliphatic rings. The molecule has 0 spiro atoms. The summed E-state index contributed by atoms with van der Waals surface area (Å²) < 4.78 is 10.5. The molecular formula is C27H48N2O3. The van der Waals surface area contributed by atoms with Crippen LogP contribution in [-0.4, -0.2) is 39.3 Å². The van der Waals surface area contributed by atoms with Crippen LogP contribution < -0.4 is 15.4 Å². The third-order valence-corrected chi connectivity index (χ3v) is 5.69. The lowest BCUT2D eigenvalue weighted by molar-refractivity contribution is -0.115. The highest BCUT2D eigenvalue weighted by Crippen LogP contribution is 2.15. The third-order valence-electron chi connectivity index (χ3n) is 5.69. The SMILES string of the molecule is CCCCCCCCCCCCCCCCNCC(=O)Nc1ccc(OCCOC)cc1. The number of hydrogen-bond donors (Lipinski definition) is 2. The summed E-state index contributed by atoms with van der Waals surface area (Å²) in [6, 6.07) is 7.42. The zero-order valence-electron chi connectivity index (χ0n) is 20.8. The largest absolute Gasteiger partial charge is 0.491 e. The van der Waals surface area contributed by atoms with Crippen LogP contribution in [-0.2, 0) is 9.53 Å². The average molecular weight is 449 g/mol. The number of hydrogen-bond acceptors (Lipinski definition) is 4. The van der Waals surface area contributed by atoms with E-state index in [1.165, 1.54) is 83.5 Å². The van der Waals surface area contributed by atoms with Gasteiger partial charge in [-0.3, -0.25) is 4.79 Å². The molecule has 184 valence electrons. The van der Waals surface area contributed by atoms with Gasteiger partial charge in [0.2, 0.25) is 5.91 Å². The first-order valence-corrected chi connectivity index (χ1v) is 13.0. The summed E-state index contributed by atoms with van der Waals surface area (Å²) in [5.41, 5.74) is 0.785. The van der Waals surface area contributed by atoms with Crippen molar-refractivity contribution in [3.63, 3.8) is 0 Å². The van der Waals surface area contributed by atoms with Crippen molar-refractivity contribution in [3.05, 3.63) is 24.3 Å². The van der Waals surface area contributed by atoms with E-state index in [9.17, 15) is 4.79 Å². The summed E-state index contributed by atoms with van der Waals surface area (Å²) in [5.74, 6) is 0.763. The minimum absolute atomic E-state index is 0.0107. The zero-order valence-corrected chi connectivity index (χ0v) is 20.8. The number of amides is 1. The van der Waals surface area contributed by atoms with Gasteiger partial charge in [0.15, 0.2) is 0 Å². The van der Waals surface area contributed by atoms with Crippen LogP contribution in [0.4, 0.5) is 5.69 Å². The number of anilines is 1. The fraction of sp³-hybridized carbons (Fsp3) is 0.741. The highest BCUT2D eigenvalue weighted by molar-refractivity contribution is 5.92. The fourth-order valence-corrected chi connectivity index (χ4v) is 3.73. The van der Waals surface area contributed by atoms with Crippen molar-refractivity contribution in [2.45, 2.75) is 96.8 Å². The maximum absolute atomic E-state index is 12.0. The number of ether oxygens (including phenoxy) is 2. The number of benzene rings is 1. The lowest BCUT2D eigenvalue weighted by atomic mass is 10.0. The predicted octanol–water partition coefficient (Wildman–Crippen LogP) is 6.72. The van der Waals surface area contributed by atoms with E-state index in [-0.39, 0.29) is 5.91 Å². The van der Waals surface area contributed by atoms with Crippen LogP contribution in [0.5, 0.6) is 5.75 Å². The first kappa shape index (κ1) is 28.4. The van der Waals surface area contributed by atoms with Crippen molar-refractivity contribution >= 4 is 11.6 Å². The van der Waals surface area contributed by atoms with Gasteiger partial charge in [0.1, 0.15) is 12.4 Å². The molecule has 1 aromatic rings. The van der Waals surface area contributed by atoms with Crippen molar-refractivity contribution in [2.24, 2.45) is 0 Å². The molecule has 0 radical (unpaired) electrons. The van der Waals surface area contributed by atoms with Crippen molar-refractivity contribution < 1.29 is 14.3 Å². The molecule has 0 saturated carbocycles. The first-order chi connectivity index (χ1) is 15.8. The van der Waals surface area contributed by atoms with E-state index in [1.54, 1.807) is 7.11 Å². The Labute approximate surface area is 197 Å². The van der Waals surface area contributed by atoms with Crippen molar-refractivity contribution in [2.75, 3.05) is 38.7 Å². The minimum Gasteiger partial charge on any atom is -0.491 e. The van der Waals surface area contributed by atoms with Crippen LogP contribution >= 0.6 is 0 Å². The molecule has 0 aliphatic carbocycles. The molecule has 1 amide bonds. The number of nitrogens with one attached hydrogen (secondary N) is 2. The van der Waals surface area contributed by atoms with Gasteiger partial charge in [-0.25, -0.2) is 0 Å². The van der Waals surface area contributed by atoms with Crippen LogP contribution in [0.2, 0.25) is 0 Å². The molecule has 0 bridgehead atoms. The molecular weight excluding hydrogens is 400 g/mol. The lowest BCUT2D eigenvalue weighted by Gasteiger charge is -2.09. The highest BCUT2D eigenvalue weighted by Gasteiger charge is 2.02. The summed E-state index contributed by atoms with van der Waals surface area (Å²) in [6.45, 7) is 4.61. The molecule has 0 heterocycles. The Kier molecular flexibility index (Phi) is 18.9. The van der Waals surface area contributed by atoms with Crippen LogP contribution in [0.1, 0.15) is 96.8 Å². The quantitative estimate of drug-likeness (QED) is 0.193. The molecule has 0 atom stereocenters. The number of rotatable bonds is 22. The average Bonchev–Trinajstić information content (AvgIpc) is 2.80. The van der Waals surface area contributed by atoms with Crippen LogP contribution in [0.3, 0.4) is 0 Å². The van der Waals surface area contributed by atoms with Crippen LogP contribution in [0, 0.1) is 0 Å². The Morgan fingerprint density at radius 3 is 1.81 bits per heavy atom. The Morgan fingerprint density at radius 2 is 1.28 bits per heavy atom. The Morgan fingerprint density at radius 1 is 0.750 bits per heavy atom. The minimum atomic E-state index is -0.0107. The molecule has 5 nitrogen and oxygen atoms in total. The second-order valence-electron chi connectivity index (χ2n) is 8.69. The smallest absolute Gasteiger partial charge is 0.238 e. The summed E-state index contributed by atoms with van der Waals surface area (Å²) in [7, 11) is 1.65. The molecule has 1 aromatic carbocycles. The van der Waals surface area contributed by atoms with E-state index in [4.69, 9.17) is 9.47 Å². The zero-order chi connectivity index (χ0) is 23.1. The van der Waals surface area contributed by atoms with E-state index in [2.05, 4.69) is 17.6 Å². The van der Waals surface area contributed by atoms with Gasteiger partial charge in [0, 0.05) is 12.8 Å². The van der Waals surface area contributed by atoms with E-state index in [1.807, 2.05) is 24.3 Å². The van der Waals surface area contributed by atoms with Gasteiger partial charge in [0.05, 0.1) is 13.2 Å². The molecule has 5 heteroatoms. The maximum Gasteiger partial charge on any atom is 0.238 e. The van der Waals surface area contributed by atoms with Crippen molar-refractivity contribution in [1.82, 2.24) is 5.32 Å². The number of unbranched alkanes of at least 4 members (excludes halogenated alkanes) is 13. The molecule has 0 unspecified atom stereocenters. The van der Waals surface area contributed by atoms with E-state index < -0.39 is 0 Å². The predicted molar refractivity (Wildman–Crippen MR) is 136 cm³/mol.